The Morgan fingerprint density at radius 1 is 1.47 bits per heavy atom. The second-order valence-electron chi connectivity index (χ2n) is 4.93. The molecule has 0 aliphatic carbocycles. The lowest BCUT2D eigenvalue weighted by Crippen LogP contribution is -2.40. The molecule has 1 fully saturated rings. The largest absolute Gasteiger partial charge is 0.482 e. The number of hydrogen-bond acceptors (Lipinski definition) is 2. The van der Waals surface area contributed by atoms with Crippen LogP contribution in [0.3, 0.4) is 0 Å². The second kappa shape index (κ2) is 6.62. The van der Waals surface area contributed by atoms with Crippen molar-refractivity contribution in [2.45, 2.75) is 19.8 Å². The number of nitrogens with zero attached hydrogens (tertiary/aromatic N) is 1. The van der Waals surface area contributed by atoms with Gasteiger partial charge < -0.3 is 9.64 Å². The predicted molar refractivity (Wildman–Crippen MR) is 79.6 cm³/mol. The van der Waals surface area contributed by atoms with E-state index >= 15 is 0 Å². The fraction of sp³-hybridized carbons (Fsp3) is 0.500. The molecule has 1 amide bonds. The minimum Gasteiger partial charge on any atom is -0.482 e. The van der Waals surface area contributed by atoms with Crippen molar-refractivity contribution < 1.29 is 9.53 Å². The van der Waals surface area contributed by atoms with Crippen LogP contribution >= 0.6 is 27.5 Å². The SMILES string of the molecule is CC1CCN(C(=O)COc2cc(Br)ccc2Cl)CC1. The van der Waals surface area contributed by atoms with Gasteiger partial charge in [-0.05, 0) is 37.0 Å². The van der Waals surface area contributed by atoms with Crippen LogP contribution in [0.25, 0.3) is 0 Å². The molecule has 1 heterocycles. The molecule has 19 heavy (non-hydrogen) atoms. The quantitative estimate of drug-likeness (QED) is 0.834. The zero-order valence-electron chi connectivity index (χ0n) is 10.9. The minimum atomic E-state index is 0.0305. The predicted octanol–water partition coefficient (Wildman–Crippen LogP) is 3.74. The molecule has 0 radical (unpaired) electrons. The van der Waals surface area contributed by atoms with Crippen molar-refractivity contribution in [1.29, 1.82) is 0 Å². The van der Waals surface area contributed by atoms with E-state index in [0.29, 0.717) is 16.7 Å². The molecule has 0 aromatic heterocycles. The number of likely N-dealkylation sites (tertiary alicyclic amines) is 1. The highest BCUT2D eigenvalue weighted by atomic mass is 79.9. The number of rotatable bonds is 3. The Hall–Kier alpha value is -0.740. The highest BCUT2D eigenvalue weighted by molar-refractivity contribution is 9.10. The van der Waals surface area contributed by atoms with E-state index in [9.17, 15) is 4.79 Å². The number of amides is 1. The molecule has 3 nitrogen and oxygen atoms in total. The molecule has 0 unspecified atom stereocenters. The molecule has 104 valence electrons. The molecule has 1 aliphatic rings. The van der Waals surface area contributed by atoms with Crippen molar-refractivity contribution in [3.8, 4) is 5.75 Å². The smallest absolute Gasteiger partial charge is 0.260 e. The highest BCUT2D eigenvalue weighted by Gasteiger charge is 2.20. The van der Waals surface area contributed by atoms with Gasteiger partial charge in [0.25, 0.3) is 5.91 Å². The van der Waals surface area contributed by atoms with Crippen LogP contribution < -0.4 is 4.74 Å². The molecule has 0 atom stereocenters. The Morgan fingerprint density at radius 2 is 2.16 bits per heavy atom. The van der Waals surface area contributed by atoms with E-state index in [1.807, 2.05) is 11.0 Å². The summed E-state index contributed by atoms with van der Waals surface area (Å²) >= 11 is 9.37. The van der Waals surface area contributed by atoms with Crippen LogP contribution in [-0.4, -0.2) is 30.5 Å². The van der Waals surface area contributed by atoms with E-state index in [4.69, 9.17) is 16.3 Å². The van der Waals surface area contributed by atoms with Crippen molar-refractivity contribution in [3.63, 3.8) is 0 Å². The Morgan fingerprint density at radius 3 is 2.84 bits per heavy atom. The molecule has 2 rings (SSSR count). The third kappa shape index (κ3) is 4.11. The Kier molecular flexibility index (Phi) is 5.11. The molecule has 0 spiro atoms. The molecule has 1 saturated heterocycles. The molecular formula is C14H17BrClNO2. The molecular weight excluding hydrogens is 330 g/mol. The molecule has 1 aromatic rings. The van der Waals surface area contributed by atoms with E-state index < -0.39 is 0 Å². The lowest BCUT2D eigenvalue weighted by Gasteiger charge is -2.30. The summed E-state index contributed by atoms with van der Waals surface area (Å²) in [6.07, 6.45) is 2.15. The Balaban J connectivity index is 1.88. The fourth-order valence-electron chi connectivity index (χ4n) is 2.08. The normalized spacial score (nSPS) is 16.5. The van der Waals surface area contributed by atoms with Gasteiger partial charge in [0.15, 0.2) is 6.61 Å². The fourth-order valence-corrected chi connectivity index (χ4v) is 2.59. The second-order valence-corrected chi connectivity index (χ2v) is 6.25. The number of ether oxygens (including phenoxy) is 1. The third-order valence-corrected chi connectivity index (χ3v) is 4.19. The molecule has 0 saturated carbocycles. The van der Waals surface area contributed by atoms with Crippen LogP contribution in [0.4, 0.5) is 0 Å². The van der Waals surface area contributed by atoms with Crippen molar-refractivity contribution in [3.05, 3.63) is 27.7 Å². The van der Waals surface area contributed by atoms with E-state index in [1.165, 1.54) is 0 Å². The lowest BCUT2D eigenvalue weighted by atomic mass is 9.99. The maximum absolute atomic E-state index is 12.0. The van der Waals surface area contributed by atoms with E-state index in [-0.39, 0.29) is 12.5 Å². The van der Waals surface area contributed by atoms with Gasteiger partial charge in [-0.1, -0.05) is 34.5 Å². The molecule has 1 aromatic carbocycles. The summed E-state index contributed by atoms with van der Waals surface area (Å²) in [5, 5.41) is 0.517. The van der Waals surface area contributed by atoms with Crippen LogP contribution in [0.2, 0.25) is 5.02 Å². The van der Waals surface area contributed by atoms with Gasteiger partial charge in [0.2, 0.25) is 0 Å². The van der Waals surface area contributed by atoms with Crippen LogP contribution in [0.15, 0.2) is 22.7 Å². The first-order valence-electron chi connectivity index (χ1n) is 6.42. The average molecular weight is 347 g/mol. The van der Waals surface area contributed by atoms with Crippen LogP contribution in [-0.2, 0) is 4.79 Å². The third-order valence-electron chi connectivity index (χ3n) is 3.38. The minimum absolute atomic E-state index is 0.0305. The summed E-state index contributed by atoms with van der Waals surface area (Å²) in [6, 6.07) is 5.35. The lowest BCUT2D eigenvalue weighted by molar-refractivity contribution is -0.134. The zero-order chi connectivity index (χ0) is 13.8. The van der Waals surface area contributed by atoms with Gasteiger partial charge in [-0.15, -0.1) is 0 Å². The summed E-state index contributed by atoms with van der Waals surface area (Å²) in [7, 11) is 0. The monoisotopic (exact) mass is 345 g/mol. The summed E-state index contributed by atoms with van der Waals surface area (Å²) in [4.78, 5) is 13.9. The number of halogens is 2. The number of carbonyl (C=O) groups excluding carboxylic acids is 1. The number of carbonyl (C=O) groups is 1. The van der Waals surface area contributed by atoms with Crippen molar-refractivity contribution in [2.75, 3.05) is 19.7 Å². The van der Waals surface area contributed by atoms with Crippen molar-refractivity contribution in [2.24, 2.45) is 5.92 Å². The summed E-state index contributed by atoms with van der Waals surface area (Å²) in [5.41, 5.74) is 0. The maximum atomic E-state index is 12.0. The number of piperidine rings is 1. The first-order valence-corrected chi connectivity index (χ1v) is 7.59. The Bertz CT molecular complexity index is 459. The van der Waals surface area contributed by atoms with Gasteiger partial charge in [-0.2, -0.15) is 0 Å². The molecule has 0 N–H and O–H groups in total. The van der Waals surface area contributed by atoms with Crippen LogP contribution in [0, 0.1) is 5.92 Å². The van der Waals surface area contributed by atoms with Gasteiger partial charge >= 0.3 is 0 Å². The first kappa shape index (κ1) is 14.7. The summed E-state index contributed by atoms with van der Waals surface area (Å²) < 4.78 is 6.39. The molecule has 5 heteroatoms. The zero-order valence-corrected chi connectivity index (χ0v) is 13.2. The average Bonchev–Trinajstić information content (AvgIpc) is 2.40. The van der Waals surface area contributed by atoms with Crippen LogP contribution in [0.5, 0.6) is 5.75 Å². The van der Waals surface area contributed by atoms with E-state index in [2.05, 4.69) is 22.9 Å². The standard InChI is InChI=1S/C14H17BrClNO2/c1-10-4-6-17(7-5-10)14(18)9-19-13-8-11(15)2-3-12(13)16/h2-3,8,10H,4-7,9H2,1H3. The van der Waals surface area contributed by atoms with Gasteiger partial charge in [0.1, 0.15) is 5.75 Å². The van der Waals surface area contributed by atoms with E-state index in [1.54, 1.807) is 12.1 Å². The summed E-state index contributed by atoms with van der Waals surface area (Å²) in [5.74, 6) is 1.28. The highest BCUT2D eigenvalue weighted by Crippen LogP contribution is 2.28. The Labute approximate surface area is 127 Å². The molecule has 0 bridgehead atoms. The van der Waals surface area contributed by atoms with Gasteiger partial charge in [-0.3, -0.25) is 4.79 Å². The summed E-state index contributed by atoms with van der Waals surface area (Å²) in [6.45, 7) is 3.93. The topological polar surface area (TPSA) is 29.5 Å². The van der Waals surface area contributed by atoms with Crippen molar-refractivity contribution in [1.82, 2.24) is 4.90 Å². The van der Waals surface area contributed by atoms with Gasteiger partial charge in [-0.25, -0.2) is 0 Å². The van der Waals surface area contributed by atoms with Gasteiger partial charge in [0.05, 0.1) is 5.02 Å². The van der Waals surface area contributed by atoms with Crippen LogP contribution in [0.1, 0.15) is 19.8 Å². The van der Waals surface area contributed by atoms with Crippen molar-refractivity contribution >= 4 is 33.4 Å². The number of hydrogen-bond donors (Lipinski definition) is 0. The van der Waals surface area contributed by atoms with E-state index in [0.717, 1.165) is 30.4 Å². The maximum Gasteiger partial charge on any atom is 0.260 e. The first-order chi connectivity index (χ1) is 9.06. The van der Waals surface area contributed by atoms with Gasteiger partial charge in [0, 0.05) is 17.6 Å². The number of benzene rings is 1. The molecule has 1 aliphatic heterocycles.